The van der Waals surface area contributed by atoms with Crippen LogP contribution in [0.4, 0.5) is 0 Å². The summed E-state index contributed by atoms with van der Waals surface area (Å²) in [5.74, 6) is 1.00. The van der Waals surface area contributed by atoms with Gasteiger partial charge in [0.05, 0.1) is 16.8 Å². The van der Waals surface area contributed by atoms with E-state index in [9.17, 15) is 0 Å². The lowest BCUT2D eigenvalue weighted by Crippen LogP contribution is -1.97. The van der Waals surface area contributed by atoms with Gasteiger partial charge < -0.3 is 4.74 Å². The predicted octanol–water partition coefficient (Wildman–Crippen LogP) is 7.53. The molecule has 1 aromatic heterocycles. The Morgan fingerprint density at radius 3 is 2.27 bits per heavy atom. The Morgan fingerprint density at radius 2 is 1.62 bits per heavy atom. The van der Waals surface area contributed by atoms with E-state index in [0.717, 1.165) is 35.9 Å². The van der Waals surface area contributed by atoms with Gasteiger partial charge in [-0.3, -0.25) is 0 Å². The molecule has 0 aliphatic rings. The summed E-state index contributed by atoms with van der Waals surface area (Å²) in [5, 5.41) is 1.09. The molecule has 0 fully saturated rings. The van der Waals surface area contributed by atoms with Crippen molar-refractivity contribution >= 4 is 33.3 Å². The first kappa shape index (κ1) is 22.7. The summed E-state index contributed by atoms with van der Waals surface area (Å²) in [6.07, 6.45) is 1.08. The first-order valence-corrected chi connectivity index (χ1v) is 11.3. The topological polar surface area (TPSA) is 22.1 Å². The number of benzene rings is 2. The molecule has 0 atom stereocenters. The van der Waals surface area contributed by atoms with Crippen molar-refractivity contribution in [3.8, 4) is 10.6 Å². The Morgan fingerprint density at radius 1 is 0.923 bits per heavy atom. The second-order valence-corrected chi connectivity index (χ2v) is 7.17. The van der Waals surface area contributed by atoms with Gasteiger partial charge in [0.2, 0.25) is 0 Å². The van der Waals surface area contributed by atoms with E-state index in [2.05, 4.69) is 49.4 Å². The van der Waals surface area contributed by atoms with Crippen LogP contribution >= 0.6 is 23.1 Å². The van der Waals surface area contributed by atoms with Crippen molar-refractivity contribution < 1.29 is 4.74 Å². The van der Waals surface area contributed by atoms with Crippen molar-refractivity contribution in [2.24, 2.45) is 0 Å². The summed E-state index contributed by atoms with van der Waals surface area (Å²) in [4.78, 5) is 5.98. The first-order valence-electron chi connectivity index (χ1n) is 9.53. The van der Waals surface area contributed by atoms with Crippen LogP contribution in [0.15, 0.2) is 53.4 Å². The smallest absolute Gasteiger partial charge is 0.124 e. The minimum atomic E-state index is 0.818. The standard InChI is InChI=1S/C18H19NOS2.2C2H6/c1-2-11-20-12-13-21-15-9-7-14(8-10-15)18-19-16-5-3-4-6-17(16)22-18;2*1-2/h3-10H,2,11-13H2,1H3;2*1-2H3. The molecule has 4 heteroatoms. The highest BCUT2D eigenvalue weighted by Gasteiger charge is 2.05. The molecule has 142 valence electrons. The van der Waals surface area contributed by atoms with Crippen molar-refractivity contribution in [1.29, 1.82) is 0 Å². The van der Waals surface area contributed by atoms with Gasteiger partial charge in [-0.25, -0.2) is 4.98 Å². The molecule has 0 unspecified atom stereocenters. The number of hydrogen-bond acceptors (Lipinski definition) is 4. The highest BCUT2D eigenvalue weighted by molar-refractivity contribution is 7.99. The van der Waals surface area contributed by atoms with Gasteiger partial charge in [-0.1, -0.05) is 58.9 Å². The van der Waals surface area contributed by atoms with E-state index in [4.69, 9.17) is 9.72 Å². The van der Waals surface area contributed by atoms with Crippen molar-refractivity contribution in [2.45, 2.75) is 45.9 Å². The van der Waals surface area contributed by atoms with E-state index >= 15 is 0 Å². The molecule has 0 N–H and O–H groups in total. The fourth-order valence-corrected chi connectivity index (χ4v) is 3.89. The number of hydrogen-bond donors (Lipinski definition) is 0. The number of nitrogens with zero attached hydrogens (tertiary/aromatic N) is 1. The van der Waals surface area contributed by atoms with Gasteiger partial charge in [-0.2, -0.15) is 0 Å². The van der Waals surface area contributed by atoms with Crippen molar-refractivity contribution in [3.63, 3.8) is 0 Å². The number of para-hydroxylation sites is 1. The van der Waals surface area contributed by atoms with Crippen LogP contribution < -0.4 is 0 Å². The Balaban J connectivity index is 0.000000791. The lowest BCUT2D eigenvalue weighted by molar-refractivity contribution is 0.151. The molecule has 2 aromatic carbocycles. The summed E-state index contributed by atoms with van der Waals surface area (Å²) in [7, 11) is 0. The van der Waals surface area contributed by atoms with Crippen molar-refractivity contribution in [1.82, 2.24) is 4.98 Å². The van der Waals surface area contributed by atoms with Crippen LogP contribution in [0.2, 0.25) is 0 Å². The van der Waals surface area contributed by atoms with Gasteiger partial charge in [0, 0.05) is 22.8 Å². The third kappa shape index (κ3) is 7.10. The maximum atomic E-state index is 5.50. The van der Waals surface area contributed by atoms with Gasteiger partial charge in [0.1, 0.15) is 5.01 Å². The summed E-state index contributed by atoms with van der Waals surface area (Å²) in [6.45, 7) is 11.8. The molecule has 26 heavy (non-hydrogen) atoms. The summed E-state index contributed by atoms with van der Waals surface area (Å²) in [5.41, 5.74) is 2.27. The van der Waals surface area contributed by atoms with E-state index in [1.807, 2.05) is 45.5 Å². The molecule has 0 aliphatic heterocycles. The Hall–Kier alpha value is -1.36. The molecular formula is C22H31NOS2. The first-order chi connectivity index (χ1) is 12.9. The molecule has 0 radical (unpaired) electrons. The van der Waals surface area contributed by atoms with Gasteiger partial charge in [-0.15, -0.1) is 23.1 Å². The Labute approximate surface area is 167 Å². The largest absolute Gasteiger partial charge is 0.381 e. The normalized spacial score (nSPS) is 9.88. The molecule has 3 rings (SSSR count). The van der Waals surface area contributed by atoms with Crippen molar-refractivity contribution in [3.05, 3.63) is 48.5 Å². The van der Waals surface area contributed by atoms with Crippen molar-refractivity contribution in [2.75, 3.05) is 19.0 Å². The average Bonchev–Trinajstić information content (AvgIpc) is 3.16. The number of rotatable bonds is 7. The quantitative estimate of drug-likeness (QED) is 0.308. The Kier molecular flexibility index (Phi) is 12.0. The van der Waals surface area contributed by atoms with Gasteiger partial charge in [-0.05, 0) is 30.7 Å². The molecule has 0 saturated carbocycles. The number of aromatic nitrogens is 1. The molecule has 0 aliphatic carbocycles. The van der Waals surface area contributed by atoms with Gasteiger partial charge in [0.15, 0.2) is 0 Å². The fraction of sp³-hybridized carbons (Fsp3) is 0.409. The third-order valence-corrected chi connectivity index (χ3v) is 5.30. The molecule has 1 heterocycles. The lowest BCUT2D eigenvalue weighted by Gasteiger charge is -2.03. The van der Waals surface area contributed by atoms with Crippen LogP contribution in [-0.4, -0.2) is 24.0 Å². The average molecular weight is 390 g/mol. The van der Waals surface area contributed by atoms with Crippen LogP contribution in [0.5, 0.6) is 0 Å². The van der Waals surface area contributed by atoms with E-state index in [0.29, 0.717) is 0 Å². The predicted molar refractivity (Wildman–Crippen MR) is 120 cm³/mol. The zero-order valence-corrected chi connectivity index (χ0v) is 18.3. The molecule has 0 spiro atoms. The molecule has 0 saturated heterocycles. The molecule has 3 aromatic rings. The zero-order valence-electron chi connectivity index (χ0n) is 16.6. The van der Waals surface area contributed by atoms with Crippen LogP contribution in [-0.2, 0) is 4.74 Å². The zero-order chi connectivity index (χ0) is 19.2. The summed E-state index contributed by atoms with van der Waals surface area (Å²) >= 11 is 3.58. The minimum absolute atomic E-state index is 0.818. The maximum Gasteiger partial charge on any atom is 0.124 e. The highest BCUT2D eigenvalue weighted by atomic mass is 32.2. The van der Waals surface area contributed by atoms with Crippen LogP contribution in [0.3, 0.4) is 0 Å². The minimum Gasteiger partial charge on any atom is -0.381 e. The number of ether oxygens (including phenoxy) is 1. The highest BCUT2D eigenvalue weighted by Crippen LogP contribution is 2.31. The second-order valence-electron chi connectivity index (χ2n) is 4.97. The Bertz CT molecular complexity index is 689. The number of fused-ring (bicyclic) bond motifs is 1. The van der Waals surface area contributed by atoms with Crippen LogP contribution in [0.1, 0.15) is 41.0 Å². The van der Waals surface area contributed by atoms with E-state index in [-0.39, 0.29) is 0 Å². The van der Waals surface area contributed by atoms with Crippen LogP contribution in [0, 0.1) is 0 Å². The fourth-order valence-electron chi connectivity index (χ4n) is 2.15. The van der Waals surface area contributed by atoms with Gasteiger partial charge >= 0.3 is 0 Å². The molecule has 2 nitrogen and oxygen atoms in total. The summed E-state index contributed by atoms with van der Waals surface area (Å²) in [6, 6.07) is 16.9. The van der Waals surface area contributed by atoms with E-state index in [1.54, 1.807) is 11.3 Å². The summed E-state index contributed by atoms with van der Waals surface area (Å²) < 4.78 is 6.74. The van der Waals surface area contributed by atoms with E-state index in [1.165, 1.54) is 15.2 Å². The lowest BCUT2D eigenvalue weighted by atomic mass is 10.2. The number of thioether (sulfide) groups is 1. The maximum absolute atomic E-state index is 5.50. The third-order valence-electron chi connectivity index (χ3n) is 3.24. The van der Waals surface area contributed by atoms with Crippen LogP contribution in [0.25, 0.3) is 20.8 Å². The van der Waals surface area contributed by atoms with Gasteiger partial charge in [0.25, 0.3) is 0 Å². The second kappa shape index (κ2) is 13.8. The SMILES string of the molecule is CC.CC.CCCOCCSc1ccc(-c2nc3ccccc3s2)cc1. The monoisotopic (exact) mass is 389 g/mol. The molecular weight excluding hydrogens is 358 g/mol. The van der Waals surface area contributed by atoms with E-state index < -0.39 is 0 Å². The molecule has 0 bridgehead atoms. The number of thiazole rings is 1. The molecule has 0 amide bonds.